The lowest BCUT2D eigenvalue weighted by Gasteiger charge is -2.47. The molecule has 0 atom stereocenters. The molecule has 2 aliphatic rings. The molecule has 2 heterocycles. The quantitative estimate of drug-likeness (QED) is 0.551. The van der Waals surface area contributed by atoms with Crippen molar-refractivity contribution in [1.29, 1.82) is 0 Å². The van der Waals surface area contributed by atoms with Crippen LogP contribution in [0.1, 0.15) is 49.7 Å². The zero-order valence-electron chi connectivity index (χ0n) is 16.9. The number of morpholine rings is 1. The number of nitrogens with zero attached hydrogens (tertiary/aromatic N) is 3. The highest BCUT2D eigenvalue weighted by Gasteiger charge is 2.38. The van der Waals surface area contributed by atoms with Gasteiger partial charge in [-0.1, -0.05) is 19.3 Å². The molecule has 0 unspecified atom stereocenters. The summed E-state index contributed by atoms with van der Waals surface area (Å²) in [5.41, 5.74) is 1.38. The van der Waals surface area contributed by atoms with Gasteiger partial charge in [-0.25, -0.2) is 4.98 Å². The van der Waals surface area contributed by atoms with Gasteiger partial charge in [-0.2, -0.15) is 0 Å². The van der Waals surface area contributed by atoms with Gasteiger partial charge >= 0.3 is 0 Å². The second kappa shape index (κ2) is 10.4. The first kappa shape index (κ1) is 20.6. The predicted octanol–water partition coefficient (Wildman–Crippen LogP) is 2.58. The first-order valence-electron chi connectivity index (χ1n) is 10.5. The van der Waals surface area contributed by atoms with Crippen LogP contribution in [-0.4, -0.2) is 67.3 Å². The molecule has 3 rings (SSSR count). The van der Waals surface area contributed by atoms with Crippen molar-refractivity contribution >= 4 is 17.3 Å². The van der Waals surface area contributed by atoms with E-state index >= 15 is 0 Å². The average Bonchev–Trinajstić information content (AvgIpc) is 3.12. The molecule has 0 aromatic carbocycles. The minimum atomic E-state index is 0.219. The molecule has 152 valence electrons. The Morgan fingerprint density at radius 3 is 2.70 bits per heavy atom. The van der Waals surface area contributed by atoms with Gasteiger partial charge in [0, 0.05) is 43.5 Å². The van der Waals surface area contributed by atoms with Crippen LogP contribution in [0.3, 0.4) is 0 Å². The van der Waals surface area contributed by atoms with Crippen LogP contribution in [0.25, 0.3) is 0 Å². The summed E-state index contributed by atoms with van der Waals surface area (Å²) in [6, 6.07) is 0. The molecule has 1 aliphatic heterocycles. The van der Waals surface area contributed by atoms with Gasteiger partial charge < -0.3 is 15.4 Å². The maximum Gasteiger partial charge on any atom is 0.191 e. The minimum absolute atomic E-state index is 0.219. The molecule has 0 spiro atoms. The van der Waals surface area contributed by atoms with E-state index in [1.54, 1.807) is 11.3 Å². The average molecular weight is 394 g/mol. The number of thiazole rings is 1. The minimum Gasteiger partial charge on any atom is -0.379 e. The Kier molecular flexibility index (Phi) is 7.91. The van der Waals surface area contributed by atoms with E-state index in [4.69, 9.17) is 9.73 Å². The summed E-state index contributed by atoms with van der Waals surface area (Å²) in [7, 11) is 0. The Morgan fingerprint density at radius 1 is 1.26 bits per heavy atom. The van der Waals surface area contributed by atoms with E-state index < -0.39 is 0 Å². The van der Waals surface area contributed by atoms with Gasteiger partial charge in [-0.05, 0) is 26.7 Å². The van der Waals surface area contributed by atoms with Crippen LogP contribution in [0.4, 0.5) is 0 Å². The van der Waals surface area contributed by atoms with E-state index in [0.717, 1.165) is 69.0 Å². The van der Waals surface area contributed by atoms with E-state index in [1.807, 2.05) is 0 Å². The van der Waals surface area contributed by atoms with E-state index in [-0.39, 0.29) is 5.54 Å². The van der Waals surface area contributed by atoms with Gasteiger partial charge in [0.2, 0.25) is 0 Å². The number of hydrogen-bond donors (Lipinski definition) is 2. The van der Waals surface area contributed by atoms with Crippen molar-refractivity contribution in [3.63, 3.8) is 0 Å². The number of aryl methyl sites for hydroxylation is 1. The Labute approximate surface area is 167 Å². The molecule has 6 nitrogen and oxygen atoms in total. The first-order chi connectivity index (χ1) is 13.2. The fourth-order valence-corrected chi connectivity index (χ4v) is 4.87. The van der Waals surface area contributed by atoms with E-state index in [1.165, 1.54) is 32.1 Å². The first-order valence-corrected chi connectivity index (χ1v) is 11.4. The third-order valence-corrected chi connectivity index (χ3v) is 6.50. The number of aromatic nitrogens is 1. The summed E-state index contributed by atoms with van der Waals surface area (Å²) in [5, 5.41) is 10.2. The molecule has 1 saturated heterocycles. The molecule has 0 bridgehead atoms. The molecule has 2 N–H and O–H groups in total. The molecule has 1 aromatic heterocycles. The molecule has 1 aromatic rings. The van der Waals surface area contributed by atoms with Crippen molar-refractivity contribution in [1.82, 2.24) is 20.5 Å². The molecule has 2 fully saturated rings. The fraction of sp³-hybridized carbons (Fsp3) is 0.800. The maximum absolute atomic E-state index is 5.59. The van der Waals surface area contributed by atoms with Crippen molar-refractivity contribution in [3.05, 3.63) is 16.1 Å². The SMILES string of the molecule is CCNC(=NCC1(N2CCOCC2)CCCCC1)NCCc1csc(C)n1. The molecule has 7 heteroatoms. The molecule has 27 heavy (non-hydrogen) atoms. The molecular weight excluding hydrogens is 358 g/mol. The Morgan fingerprint density at radius 2 is 2.04 bits per heavy atom. The van der Waals surface area contributed by atoms with Crippen LogP contribution >= 0.6 is 11.3 Å². The van der Waals surface area contributed by atoms with Gasteiger partial charge in [0.25, 0.3) is 0 Å². The topological polar surface area (TPSA) is 61.8 Å². The Bertz CT molecular complexity index is 591. The van der Waals surface area contributed by atoms with E-state index in [0.29, 0.717) is 0 Å². The number of hydrogen-bond acceptors (Lipinski definition) is 5. The summed E-state index contributed by atoms with van der Waals surface area (Å²) >= 11 is 1.72. The van der Waals surface area contributed by atoms with Crippen molar-refractivity contribution < 1.29 is 4.74 Å². The normalized spacial score (nSPS) is 21.2. The summed E-state index contributed by atoms with van der Waals surface area (Å²) < 4.78 is 5.59. The molecule has 1 aliphatic carbocycles. The van der Waals surface area contributed by atoms with Crippen molar-refractivity contribution in [2.75, 3.05) is 45.9 Å². The highest BCUT2D eigenvalue weighted by atomic mass is 32.1. The molecule has 0 radical (unpaired) electrons. The highest BCUT2D eigenvalue weighted by molar-refractivity contribution is 7.09. The predicted molar refractivity (Wildman–Crippen MR) is 113 cm³/mol. The van der Waals surface area contributed by atoms with E-state index in [2.05, 4.69) is 39.7 Å². The zero-order chi connectivity index (χ0) is 19.0. The van der Waals surface area contributed by atoms with Crippen molar-refractivity contribution in [2.45, 2.75) is 57.9 Å². The summed E-state index contributed by atoms with van der Waals surface area (Å²) in [5.74, 6) is 0.933. The smallest absolute Gasteiger partial charge is 0.191 e. The van der Waals surface area contributed by atoms with Gasteiger partial charge in [0.15, 0.2) is 5.96 Å². The number of nitrogens with one attached hydrogen (secondary N) is 2. The Hall–Kier alpha value is -1.18. The zero-order valence-corrected chi connectivity index (χ0v) is 17.7. The highest BCUT2D eigenvalue weighted by Crippen LogP contribution is 2.34. The lowest BCUT2D eigenvalue weighted by atomic mass is 9.80. The van der Waals surface area contributed by atoms with Gasteiger partial charge in [0.05, 0.1) is 30.5 Å². The van der Waals surface area contributed by atoms with Gasteiger partial charge in [-0.3, -0.25) is 9.89 Å². The monoisotopic (exact) mass is 393 g/mol. The largest absolute Gasteiger partial charge is 0.379 e. The lowest BCUT2D eigenvalue weighted by Crippen LogP contribution is -2.56. The molecule has 0 amide bonds. The molecule has 1 saturated carbocycles. The third-order valence-electron chi connectivity index (χ3n) is 5.68. The third kappa shape index (κ3) is 5.90. The number of ether oxygens (including phenoxy) is 1. The maximum atomic E-state index is 5.59. The lowest BCUT2D eigenvalue weighted by molar-refractivity contribution is -0.0333. The second-order valence-corrected chi connectivity index (χ2v) is 8.68. The molecular formula is C20H35N5OS. The van der Waals surface area contributed by atoms with Crippen LogP contribution in [0.5, 0.6) is 0 Å². The van der Waals surface area contributed by atoms with Gasteiger partial charge in [0.1, 0.15) is 0 Å². The van der Waals surface area contributed by atoms with Crippen molar-refractivity contribution in [3.8, 4) is 0 Å². The number of rotatable bonds is 7. The van der Waals surface area contributed by atoms with Crippen LogP contribution in [-0.2, 0) is 11.2 Å². The Balaban J connectivity index is 1.60. The summed E-state index contributed by atoms with van der Waals surface area (Å²) in [6.45, 7) is 10.6. The summed E-state index contributed by atoms with van der Waals surface area (Å²) in [6.07, 6.45) is 7.45. The second-order valence-electron chi connectivity index (χ2n) is 7.61. The standard InChI is InChI=1S/C20H35N5OS/c1-3-21-19(22-10-7-18-15-27-17(2)24-18)23-16-20(8-5-4-6-9-20)25-11-13-26-14-12-25/h15H,3-14,16H2,1-2H3,(H2,21,22,23). The van der Waals surface area contributed by atoms with Crippen LogP contribution in [0.15, 0.2) is 10.4 Å². The van der Waals surface area contributed by atoms with Gasteiger partial charge in [-0.15, -0.1) is 11.3 Å². The summed E-state index contributed by atoms with van der Waals surface area (Å²) in [4.78, 5) is 12.2. The van der Waals surface area contributed by atoms with Crippen molar-refractivity contribution in [2.24, 2.45) is 4.99 Å². The van der Waals surface area contributed by atoms with E-state index in [9.17, 15) is 0 Å². The number of aliphatic imine (C=N–C) groups is 1. The van der Waals surface area contributed by atoms with Crippen LogP contribution in [0, 0.1) is 6.92 Å². The fourth-order valence-electron chi connectivity index (χ4n) is 4.22. The van der Waals surface area contributed by atoms with Crippen LogP contribution in [0.2, 0.25) is 0 Å². The van der Waals surface area contributed by atoms with Crippen LogP contribution < -0.4 is 10.6 Å². The number of guanidine groups is 1.